The number of carboxylic acids is 1. The van der Waals surface area contributed by atoms with E-state index in [4.69, 9.17) is 5.11 Å². The van der Waals surface area contributed by atoms with Crippen LogP contribution in [0.25, 0.3) is 0 Å². The lowest BCUT2D eigenvalue weighted by Crippen LogP contribution is -2.02. The summed E-state index contributed by atoms with van der Waals surface area (Å²) in [6.07, 6.45) is -1.06. The summed E-state index contributed by atoms with van der Waals surface area (Å²) in [6, 6.07) is 0. The Balaban J connectivity index is 2.73. The molecular formula is C8H10F2O2. The molecule has 2 nitrogen and oxygen atoms in total. The summed E-state index contributed by atoms with van der Waals surface area (Å²) < 4.78 is 23.5. The third-order valence-electron chi connectivity index (χ3n) is 2.48. The monoisotopic (exact) mass is 176 g/mol. The molecule has 0 amide bonds. The fourth-order valence-electron chi connectivity index (χ4n) is 1.60. The molecule has 4 heteroatoms. The zero-order valence-electron chi connectivity index (χ0n) is 6.84. The molecule has 0 aromatic carbocycles. The first kappa shape index (κ1) is 9.16. The van der Waals surface area contributed by atoms with Crippen LogP contribution in [0.5, 0.6) is 0 Å². The van der Waals surface area contributed by atoms with Gasteiger partial charge in [0.15, 0.2) is 0 Å². The van der Waals surface area contributed by atoms with E-state index in [1.807, 2.05) is 0 Å². The topological polar surface area (TPSA) is 37.3 Å². The molecule has 0 unspecified atom stereocenters. The summed E-state index contributed by atoms with van der Waals surface area (Å²) in [6.45, 7) is 3.35. The Labute approximate surface area is 68.9 Å². The van der Waals surface area contributed by atoms with Crippen LogP contribution in [0.2, 0.25) is 0 Å². The summed E-state index contributed by atoms with van der Waals surface area (Å²) in [4.78, 5) is 10.5. The van der Waals surface area contributed by atoms with Gasteiger partial charge in [-0.05, 0) is 11.5 Å². The standard InChI is InChI=1S/C8H10F2O2/c1-8(2)4(3-5(9)10)6(8)7(11)12/h3-4,6H,1-2H3,(H,11,12)/t4-,6+/m0/s1. The molecule has 0 radical (unpaired) electrons. The molecule has 0 bridgehead atoms. The zero-order chi connectivity index (χ0) is 9.52. The van der Waals surface area contributed by atoms with E-state index < -0.39 is 29.3 Å². The molecule has 0 aliphatic heterocycles. The van der Waals surface area contributed by atoms with Crippen molar-refractivity contribution in [1.82, 2.24) is 0 Å². The molecule has 0 spiro atoms. The second-order valence-corrected chi connectivity index (χ2v) is 3.62. The molecule has 1 rings (SSSR count). The van der Waals surface area contributed by atoms with Crippen molar-refractivity contribution >= 4 is 5.97 Å². The van der Waals surface area contributed by atoms with E-state index in [0.29, 0.717) is 0 Å². The third kappa shape index (κ3) is 1.33. The first-order chi connectivity index (χ1) is 5.37. The molecular weight excluding hydrogens is 166 g/mol. The summed E-state index contributed by atoms with van der Waals surface area (Å²) in [5, 5.41) is 8.60. The number of hydrogen-bond donors (Lipinski definition) is 1. The second-order valence-electron chi connectivity index (χ2n) is 3.62. The molecule has 0 heterocycles. The van der Waals surface area contributed by atoms with Gasteiger partial charge in [0.05, 0.1) is 5.92 Å². The van der Waals surface area contributed by atoms with Gasteiger partial charge in [-0.2, -0.15) is 8.78 Å². The highest BCUT2D eigenvalue weighted by molar-refractivity contribution is 5.76. The lowest BCUT2D eigenvalue weighted by Gasteiger charge is -1.95. The van der Waals surface area contributed by atoms with Crippen LogP contribution in [0.15, 0.2) is 12.2 Å². The maximum absolute atomic E-state index is 11.8. The third-order valence-corrected chi connectivity index (χ3v) is 2.48. The Morgan fingerprint density at radius 1 is 1.50 bits per heavy atom. The van der Waals surface area contributed by atoms with E-state index >= 15 is 0 Å². The molecule has 0 aromatic rings. The van der Waals surface area contributed by atoms with Gasteiger partial charge < -0.3 is 5.11 Å². The molecule has 1 N–H and O–H groups in total. The van der Waals surface area contributed by atoms with Crippen molar-refractivity contribution in [2.75, 3.05) is 0 Å². The molecule has 0 saturated heterocycles. The van der Waals surface area contributed by atoms with Gasteiger partial charge in [-0.15, -0.1) is 0 Å². The Hall–Kier alpha value is -0.930. The first-order valence-corrected chi connectivity index (χ1v) is 3.63. The number of carboxylic acid groups (broad SMARTS) is 1. The van der Waals surface area contributed by atoms with Crippen LogP contribution in [0.4, 0.5) is 8.78 Å². The van der Waals surface area contributed by atoms with Crippen LogP contribution in [-0.4, -0.2) is 11.1 Å². The largest absolute Gasteiger partial charge is 0.481 e. The van der Waals surface area contributed by atoms with E-state index in [9.17, 15) is 13.6 Å². The van der Waals surface area contributed by atoms with Gasteiger partial charge in [-0.3, -0.25) is 4.79 Å². The summed E-state index contributed by atoms with van der Waals surface area (Å²) in [5.41, 5.74) is -0.519. The summed E-state index contributed by atoms with van der Waals surface area (Å²) in [5.74, 6) is -2.17. The summed E-state index contributed by atoms with van der Waals surface area (Å²) >= 11 is 0. The fourth-order valence-corrected chi connectivity index (χ4v) is 1.60. The zero-order valence-corrected chi connectivity index (χ0v) is 6.84. The van der Waals surface area contributed by atoms with E-state index in [2.05, 4.69) is 0 Å². The van der Waals surface area contributed by atoms with Gasteiger partial charge >= 0.3 is 5.97 Å². The quantitative estimate of drug-likeness (QED) is 0.699. The van der Waals surface area contributed by atoms with Crippen molar-refractivity contribution in [2.24, 2.45) is 17.3 Å². The molecule has 1 aliphatic rings. The highest BCUT2D eigenvalue weighted by Crippen LogP contribution is 2.59. The Morgan fingerprint density at radius 2 is 2.00 bits per heavy atom. The predicted octanol–water partition coefficient (Wildman–Crippen LogP) is 2.12. The normalized spacial score (nSPS) is 31.0. The van der Waals surface area contributed by atoms with Crippen LogP contribution in [0.1, 0.15) is 13.8 Å². The predicted molar refractivity (Wildman–Crippen MR) is 38.7 cm³/mol. The Kier molecular flexibility index (Phi) is 1.94. The minimum absolute atomic E-state index is 0.514. The number of rotatable bonds is 2. The second kappa shape index (κ2) is 2.54. The number of aliphatic carboxylic acids is 1. The number of halogens is 2. The number of hydrogen-bond acceptors (Lipinski definition) is 1. The van der Waals surface area contributed by atoms with Crippen LogP contribution < -0.4 is 0 Å². The SMILES string of the molecule is CC1(C)[C@@H](C=C(F)F)[C@@H]1C(=O)O. The van der Waals surface area contributed by atoms with E-state index in [0.717, 1.165) is 6.08 Å². The van der Waals surface area contributed by atoms with Crippen molar-refractivity contribution < 1.29 is 18.7 Å². The molecule has 12 heavy (non-hydrogen) atoms. The van der Waals surface area contributed by atoms with E-state index in [1.54, 1.807) is 13.8 Å². The van der Waals surface area contributed by atoms with Crippen molar-refractivity contribution in [3.05, 3.63) is 12.2 Å². The maximum Gasteiger partial charge on any atom is 0.307 e. The van der Waals surface area contributed by atoms with E-state index in [1.165, 1.54) is 0 Å². The smallest absolute Gasteiger partial charge is 0.307 e. The van der Waals surface area contributed by atoms with Crippen LogP contribution in [0.3, 0.4) is 0 Å². The maximum atomic E-state index is 11.8. The highest BCUT2D eigenvalue weighted by atomic mass is 19.3. The minimum Gasteiger partial charge on any atom is -0.481 e. The lowest BCUT2D eigenvalue weighted by molar-refractivity contribution is -0.139. The van der Waals surface area contributed by atoms with Crippen molar-refractivity contribution in [3.63, 3.8) is 0 Å². The van der Waals surface area contributed by atoms with Gasteiger partial charge in [-0.1, -0.05) is 13.8 Å². The van der Waals surface area contributed by atoms with Crippen LogP contribution in [-0.2, 0) is 4.79 Å². The Morgan fingerprint density at radius 3 is 2.25 bits per heavy atom. The molecule has 2 atom stereocenters. The highest BCUT2D eigenvalue weighted by Gasteiger charge is 2.61. The van der Waals surface area contributed by atoms with E-state index in [-0.39, 0.29) is 0 Å². The van der Waals surface area contributed by atoms with Crippen LogP contribution in [0, 0.1) is 17.3 Å². The van der Waals surface area contributed by atoms with Gasteiger partial charge in [0.25, 0.3) is 6.08 Å². The number of allylic oxidation sites excluding steroid dienone is 1. The summed E-state index contributed by atoms with van der Waals surface area (Å²) in [7, 11) is 0. The molecule has 68 valence electrons. The molecule has 1 aliphatic carbocycles. The van der Waals surface area contributed by atoms with Gasteiger partial charge in [-0.25, -0.2) is 0 Å². The fraction of sp³-hybridized carbons (Fsp3) is 0.625. The van der Waals surface area contributed by atoms with Gasteiger partial charge in [0.2, 0.25) is 0 Å². The van der Waals surface area contributed by atoms with Crippen molar-refractivity contribution in [3.8, 4) is 0 Å². The Bertz CT molecular complexity index is 241. The lowest BCUT2D eigenvalue weighted by atomic mass is 10.1. The van der Waals surface area contributed by atoms with Gasteiger partial charge in [0, 0.05) is 5.92 Å². The minimum atomic E-state index is -1.79. The van der Waals surface area contributed by atoms with Crippen LogP contribution >= 0.6 is 0 Å². The average Bonchev–Trinajstić information content (AvgIpc) is 2.32. The molecule has 1 fully saturated rings. The first-order valence-electron chi connectivity index (χ1n) is 3.63. The number of carbonyl (C=O) groups is 1. The van der Waals surface area contributed by atoms with Crippen molar-refractivity contribution in [1.29, 1.82) is 0 Å². The molecule has 1 saturated carbocycles. The molecule has 0 aromatic heterocycles. The average molecular weight is 176 g/mol. The van der Waals surface area contributed by atoms with Gasteiger partial charge in [0.1, 0.15) is 0 Å². The van der Waals surface area contributed by atoms with Crippen molar-refractivity contribution in [2.45, 2.75) is 13.8 Å².